The van der Waals surface area contributed by atoms with Crippen LogP contribution in [0.25, 0.3) is 0 Å². The third-order valence-electron chi connectivity index (χ3n) is 4.14. The number of benzene rings is 2. The highest BCUT2D eigenvalue weighted by Gasteiger charge is 2.33. The van der Waals surface area contributed by atoms with Gasteiger partial charge in [-0.1, -0.05) is 42.5 Å². The second-order valence-corrected chi connectivity index (χ2v) is 6.83. The smallest absolute Gasteiger partial charge is 0.318 e. The Bertz CT molecular complexity index is 724. The number of carbonyl (C=O) groups is 1. The van der Waals surface area contributed by atoms with E-state index in [4.69, 9.17) is 9.47 Å². The Morgan fingerprint density at radius 2 is 1.96 bits per heavy atom. The predicted molar refractivity (Wildman–Crippen MR) is 100 cm³/mol. The van der Waals surface area contributed by atoms with E-state index < -0.39 is 0 Å². The summed E-state index contributed by atoms with van der Waals surface area (Å²) in [6.07, 6.45) is 0. The van der Waals surface area contributed by atoms with Crippen molar-refractivity contribution in [1.29, 1.82) is 0 Å². The van der Waals surface area contributed by atoms with E-state index in [1.54, 1.807) is 26.0 Å². The maximum Gasteiger partial charge on any atom is 0.318 e. The minimum Gasteiger partial charge on any atom is -0.493 e. The molecule has 0 radical (unpaired) electrons. The summed E-state index contributed by atoms with van der Waals surface area (Å²) in [5.74, 6) is 2.26. The molecule has 1 atom stereocenters. The van der Waals surface area contributed by atoms with Crippen molar-refractivity contribution in [3.05, 3.63) is 59.7 Å². The molecule has 0 aromatic heterocycles. The number of hydrogen-bond acceptors (Lipinski definition) is 4. The molecule has 6 heteroatoms. The molecule has 2 aromatic carbocycles. The lowest BCUT2D eigenvalue weighted by Crippen LogP contribution is -2.39. The number of thioether (sulfide) groups is 1. The average molecular weight is 358 g/mol. The van der Waals surface area contributed by atoms with Crippen LogP contribution >= 0.6 is 11.8 Å². The van der Waals surface area contributed by atoms with Crippen molar-refractivity contribution in [2.75, 3.05) is 26.5 Å². The van der Waals surface area contributed by atoms with Crippen molar-refractivity contribution in [1.82, 2.24) is 10.2 Å². The van der Waals surface area contributed by atoms with Crippen LogP contribution in [-0.2, 0) is 6.54 Å². The zero-order valence-corrected chi connectivity index (χ0v) is 15.2. The molecule has 0 spiro atoms. The predicted octanol–water partition coefficient (Wildman–Crippen LogP) is 3.66. The van der Waals surface area contributed by atoms with Gasteiger partial charge in [-0.25, -0.2) is 4.79 Å². The summed E-state index contributed by atoms with van der Waals surface area (Å²) < 4.78 is 10.9. The molecule has 0 aliphatic carbocycles. The molecule has 3 rings (SSSR count). The molecule has 1 aliphatic heterocycles. The van der Waals surface area contributed by atoms with Crippen LogP contribution in [0.15, 0.2) is 48.5 Å². The molecule has 2 aromatic rings. The normalized spacial score (nSPS) is 16.6. The van der Waals surface area contributed by atoms with Gasteiger partial charge in [0.1, 0.15) is 5.37 Å². The summed E-state index contributed by atoms with van der Waals surface area (Å²) >= 11 is 1.73. The SMILES string of the molecule is COc1cccc(C2SCCN2C(=O)NCc2ccccc2)c1OC. The Kier molecular flexibility index (Phi) is 5.71. The summed E-state index contributed by atoms with van der Waals surface area (Å²) in [5.41, 5.74) is 2.04. The van der Waals surface area contributed by atoms with Gasteiger partial charge in [-0.2, -0.15) is 0 Å². The molecular weight excluding hydrogens is 336 g/mol. The first-order chi connectivity index (χ1) is 12.2. The van der Waals surface area contributed by atoms with Gasteiger partial charge < -0.3 is 19.7 Å². The molecule has 1 aliphatic rings. The molecule has 25 heavy (non-hydrogen) atoms. The lowest BCUT2D eigenvalue weighted by molar-refractivity contribution is 0.199. The number of ether oxygens (including phenoxy) is 2. The number of rotatable bonds is 5. The maximum atomic E-state index is 12.7. The number of hydrogen-bond donors (Lipinski definition) is 1. The molecule has 5 nitrogen and oxygen atoms in total. The van der Waals surface area contributed by atoms with Crippen LogP contribution < -0.4 is 14.8 Å². The Hall–Kier alpha value is -2.34. The van der Waals surface area contributed by atoms with Gasteiger partial charge in [-0.3, -0.25) is 0 Å². The minimum absolute atomic E-state index is 0.0660. The quantitative estimate of drug-likeness (QED) is 0.886. The molecule has 2 amide bonds. The summed E-state index contributed by atoms with van der Waals surface area (Å²) in [7, 11) is 3.24. The largest absolute Gasteiger partial charge is 0.493 e. The number of amides is 2. The summed E-state index contributed by atoms with van der Waals surface area (Å²) in [6.45, 7) is 1.22. The fraction of sp³-hybridized carbons (Fsp3) is 0.316. The summed E-state index contributed by atoms with van der Waals surface area (Å²) in [5, 5.41) is 2.93. The monoisotopic (exact) mass is 358 g/mol. The van der Waals surface area contributed by atoms with Gasteiger partial charge in [0, 0.05) is 24.4 Å². The first-order valence-corrected chi connectivity index (χ1v) is 9.20. The third kappa shape index (κ3) is 3.85. The molecule has 1 N–H and O–H groups in total. The van der Waals surface area contributed by atoms with Crippen LogP contribution in [0.1, 0.15) is 16.5 Å². The average Bonchev–Trinajstić information content (AvgIpc) is 3.15. The molecular formula is C19H22N2O3S. The van der Waals surface area contributed by atoms with Gasteiger partial charge >= 0.3 is 6.03 Å². The topological polar surface area (TPSA) is 50.8 Å². The number of carbonyl (C=O) groups excluding carboxylic acids is 1. The highest BCUT2D eigenvalue weighted by molar-refractivity contribution is 7.99. The van der Waals surface area contributed by atoms with Crippen molar-refractivity contribution in [3.63, 3.8) is 0 Å². The van der Waals surface area contributed by atoms with Crippen LogP contribution in [0.4, 0.5) is 4.79 Å². The van der Waals surface area contributed by atoms with E-state index >= 15 is 0 Å². The fourth-order valence-electron chi connectivity index (χ4n) is 2.92. The van der Waals surface area contributed by atoms with Gasteiger partial charge in [0.15, 0.2) is 11.5 Å². The third-order valence-corrected chi connectivity index (χ3v) is 5.38. The molecule has 132 valence electrons. The van der Waals surface area contributed by atoms with Crippen LogP contribution in [0.2, 0.25) is 0 Å². The number of urea groups is 1. The van der Waals surface area contributed by atoms with Gasteiger partial charge in [0.2, 0.25) is 0 Å². The Labute approximate surface area is 152 Å². The van der Waals surface area contributed by atoms with Gasteiger partial charge in [-0.15, -0.1) is 11.8 Å². The summed E-state index contributed by atoms with van der Waals surface area (Å²) in [4.78, 5) is 14.5. The molecule has 0 saturated carbocycles. The van der Waals surface area contributed by atoms with E-state index in [9.17, 15) is 4.79 Å². The molecule has 1 unspecified atom stereocenters. The minimum atomic E-state index is -0.0826. The maximum absolute atomic E-state index is 12.7. The van der Waals surface area contributed by atoms with Gasteiger partial charge in [0.25, 0.3) is 0 Å². The van der Waals surface area contributed by atoms with Crippen molar-refractivity contribution in [3.8, 4) is 11.5 Å². The summed E-state index contributed by atoms with van der Waals surface area (Å²) in [6, 6.07) is 15.6. The molecule has 1 saturated heterocycles. The molecule has 1 heterocycles. The van der Waals surface area contributed by atoms with E-state index in [2.05, 4.69) is 5.32 Å². The van der Waals surface area contributed by atoms with Crippen LogP contribution in [-0.4, -0.2) is 37.4 Å². The number of nitrogens with one attached hydrogen (secondary N) is 1. The van der Waals surface area contributed by atoms with E-state index in [0.29, 0.717) is 24.6 Å². The second-order valence-electron chi connectivity index (χ2n) is 5.64. The number of para-hydroxylation sites is 1. The van der Waals surface area contributed by atoms with Crippen molar-refractivity contribution >= 4 is 17.8 Å². The standard InChI is InChI=1S/C19H22N2O3S/c1-23-16-10-6-9-15(17(16)24-2)18-21(11-12-25-18)19(22)20-13-14-7-4-3-5-8-14/h3-10,18H,11-13H2,1-2H3,(H,20,22). The Balaban J connectivity index is 1.75. The van der Waals surface area contributed by atoms with Crippen LogP contribution in [0.3, 0.4) is 0 Å². The van der Waals surface area contributed by atoms with E-state index in [0.717, 1.165) is 16.9 Å². The second kappa shape index (κ2) is 8.16. The van der Waals surface area contributed by atoms with Crippen molar-refractivity contribution < 1.29 is 14.3 Å². The molecule has 0 bridgehead atoms. The Morgan fingerprint density at radius 1 is 1.16 bits per heavy atom. The van der Waals surface area contributed by atoms with Crippen LogP contribution in [0.5, 0.6) is 11.5 Å². The Morgan fingerprint density at radius 3 is 2.68 bits per heavy atom. The van der Waals surface area contributed by atoms with E-state index in [-0.39, 0.29) is 11.4 Å². The lowest BCUT2D eigenvalue weighted by atomic mass is 10.1. The number of methoxy groups -OCH3 is 2. The zero-order valence-electron chi connectivity index (χ0n) is 14.4. The highest BCUT2D eigenvalue weighted by atomic mass is 32.2. The van der Waals surface area contributed by atoms with Crippen LogP contribution in [0, 0.1) is 0 Å². The first-order valence-electron chi connectivity index (χ1n) is 8.15. The molecule has 1 fully saturated rings. The zero-order chi connectivity index (χ0) is 17.6. The van der Waals surface area contributed by atoms with E-state index in [1.807, 2.05) is 53.4 Å². The fourth-order valence-corrected chi connectivity index (χ4v) is 4.19. The lowest BCUT2D eigenvalue weighted by Gasteiger charge is -2.26. The number of nitrogens with zero attached hydrogens (tertiary/aromatic N) is 1. The van der Waals surface area contributed by atoms with E-state index in [1.165, 1.54) is 0 Å². The van der Waals surface area contributed by atoms with Gasteiger partial charge in [0.05, 0.1) is 14.2 Å². The van der Waals surface area contributed by atoms with Crippen molar-refractivity contribution in [2.45, 2.75) is 11.9 Å². The highest BCUT2D eigenvalue weighted by Crippen LogP contribution is 2.44. The van der Waals surface area contributed by atoms with Crippen molar-refractivity contribution in [2.24, 2.45) is 0 Å². The first kappa shape index (κ1) is 17.5. The van der Waals surface area contributed by atoms with Gasteiger partial charge in [-0.05, 0) is 11.6 Å².